The largest absolute Gasteiger partial charge is 0.369 e. The van der Waals surface area contributed by atoms with Crippen LogP contribution >= 0.6 is 0 Å². The van der Waals surface area contributed by atoms with Crippen molar-refractivity contribution in [2.75, 3.05) is 18.0 Å². The van der Waals surface area contributed by atoms with Gasteiger partial charge in [0.1, 0.15) is 5.52 Å². The summed E-state index contributed by atoms with van der Waals surface area (Å²) in [6, 6.07) is 12.7. The van der Waals surface area contributed by atoms with Crippen LogP contribution in [0.1, 0.15) is 12.0 Å². The average Bonchev–Trinajstić information content (AvgIpc) is 2.85. The lowest BCUT2D eigenvalue weighted by Gasteiger charge is -2.33. The smallest absolute Gasteiger partial charge is 0.158 e. The molecule has 0 radical (unpaired) electrons. The quantitative estimate of drug-likeness (QED) is 0.712. The van der Waals surface area contributed by atoms with E-state index < -0.39 is 0 Å². The molecule has 4 heteroatoms. The molecule has 0 atom stereocenters. The zero-order valence-electron chi connectivity index (χ0n) is 11.3. The minimum Gasteiger partial charge on any atom is -0.369 e. The van der Waals surface area contributed by atoms with Gasteiger partial charge >= 0.3 is 0 Å². The maximum atomic E-state index is 4.91. The van der Waals surface area contributed by atoms with E-state index in [9.17, 15) is 0 Å². The topological polar surface area (TPSA) is 42.2 Å². The molecule has 1 fully saturated rings. The van der Waals surface area contributed by atoms with Crippen molar-refractivity contribution in [3.8, 4) is 11.1 Å². The van der Waals surface area contributed by atoms with Crippen LogP contribution in [0.4, 0.5) is 5.69 Å². The second kappa shape index (κ2) is 4.34. The Hall–Kier alpha value is -2.36. The highest BCUT2D eigenvalue weighted by atomic mass is 16.6. The van der Waals surface area contributed by atoms with Crippen molar-refractivity contribution in [1.82, 2.24) is 10.3 Å². The van der Waals surface area contributed by atoms with Crippen molar-refractivity contribution in [1.29, 1.82) is 0 Å². The first kappa shape index (κ1) is 11.5. The molecule has 3 aromatic rings. The van der Waals surface area contributed by atoms with Gasteiger partial charge < -0.3 is 4.90 Å². The third kappa shape index (κ3) is 1.76. The molecular weight excluding hydrogens is 250 g/mol. The van der Waals surface area contributed by atoms with E-state index in [0.29, 0.717) is 0 Å². The molecular formula is C16H15N3O. The van der Waals surface area contributed by atoms with Crippen molar-refractivity contribution in [2.45, 2.75) is 13.3 Å². The Kier molecular flexibility index (Phi) is 2.49. The third-order valence-electron chi connectivity index (χ3n) is 3.89. The average molecular weight is 265 g/mol. The lowest BCUT2D eigenvalue weighted by molar-refractivity contribution is 0.315. The van der Waals surface area contributed by atoms with Crippen LogP contribution in [-0.2, 0) is 0 Å². The third-order valence-corrected chi connectivity index (χ3v) is 3.89. The van der Waals surface area contributed by atoms with Gasteiger partial charge in [-0.05, 0) is 46.9 Å². The molecule has 100 valence electrons. The second-order valence-corrected chi connectivity index (χ2v) is 5.34. The van der Waals surface area contributed by atoms with Crippen LogP contribution in [-0.4, -0.2) is 23.4 Å². The van der Waals surface area contributed by atoms with Crippen molar-refractivity contribution in [3.63, 3.8) is 0 Å². The summed E-state index contributed by atoms with van der Waals surface area (Å²) in [7, 11) is 0. The van der Waals surface area contributed by atoms with Gasteiger partial charge in [-0.2, -0.15) is 0 Å². The first-order valence-electron chi connectivity index (χ1n) is 6.89. The lowest BCUT2D eigenvalue weighted by atomic mass is 10.0. The zero-order chi connectivity index (χ0) is 13.5. The van der Waals surface area contributed by atoms with Gasteiger partial charge in [0, 0.05) is 13.1 Å². The molecule has 2 aromatic carbocycles. The fraction of sp³-hybridized carbons (Fsp3) is 0.250. The minimum atomic E-state index is 0.825. The lowest BCUT2D eigenvalue weighted by Crippen LogP contribution is -2.37. The minimum absolute atomic E-state index is 0.825. The summed E-state index contributed by atoms with van der Waals surface area (Å²) < 4.78 is 4.91. The molecule has 20 heavy (non-hydrogen) atoms. The Balaban J connectivity index is 1.91. The van der Waals surface area contributed by atoms with Gasteiger partial charge in [-0.1, -0.05) is 29.8 Å². The number of aryl methyl sites for hydroxylation is 1. The van der Waals surface area contributed by atoms with Gasteiger partial charge in [0.2, 0.25) is 0 Å². The Morgan fingerprint density at radius 1 is 1.05 bits per heavy atom. The number of hydrogen-bond donors (Lipinski definition) is 0. The highest BCUT2D eigenvalue weighted by Crippen LogP contribution is 2.33. The number of nitrogens with zero attached hydrogens (tertiary/aromatic N) is 3. The van der Waals surface area contributed by atoms with Crippen LogP contribution in [0.2, 0.25) is 0 Å². The van der Waals surface area contributed by atoms with Gasteiger partial charge in [-0.3, -0.25) is 0 Å². The Morgan fingerprint density at radius 3 is 2.70 bits per heavy atom. The molecule has 0 aliphatic carbocycles. The van der Waals surface area contributed by atoms with E-state index in [2.05, 4.69) is 52.5 Å². The molecule has 0 saturated carbocycles. The highest BCUT2D eigenvalue weighted by Gasteiger charge is 2.20. The fourth-order valence-electron chi connectivity index (χ4n) is 2.66. The number of benzene rings is 2. The molecule has 1 aromatic heterocycles. The molecule has 0 spiro atoms. The number of aromatic nitrogens is 2. The summed E-state index contributed by atoms with van der Waals surface area (Å²) in [4.78, 5) is 2.33. The van der Waals surface area contributed by atoms with Gasteiger partial charge in [0.25, 0.3) is 0 Å². The van der Waals surface area contributed by atoms with Gasteiger partial charge in [0.15, 0.2) is 5.52 Å². The van der Waals surface area contributed by atoms with E-state index in [1.54, 1.807) is 0 Å². The summed E-state index contributed by atoms with van der Waals surface area (Å²) in [6.45, 7) is 4.27. The maximum absolute atomic E-state index is 4.91. The second-order valence-electron chi connectivity index (χ2n) is 5.34. The maximum Gasteiger partial charge on any atom is 0.158 e. The first-order valence-corrected chi connectivity index (χ1v) is 6.89. The Labute approximate surface area is 117 Å². The summed E-state index contributed by atoms with van der Waals surface area (Å²) in [5.74, 6) is 0. The van der Waals surface area contributed by atoms with Crippen LogP contribution in [0, 0.1) is 6.92 Å². The monoisotopic (exact) mass is 265 g/mol. The summed E-state index contributed by atoms with van der Waals surface area (Å²) in [6.07, 6.45) is 1.24. The van der Waals surface area contributed by atoms with Gasteiger partial charge in [-0.25, -0.2) is 4.63 Å². The van der Waals surface area contributed by atoms with E-state index in [1.165, 1.54) is 23.1 Å². The molecule has 2 heterocycles. The van der Waals surface area contributed by atoms with Crippen molar-refractivity contribution < 1.29 is 4.63 Å². The molecule has 1 saturated heterocycles. The van der Waals surface area contributed by atoms with Crippen molar-refractivity contribution in [3.05, 3.63) is 42.0 Å². The molecule has 4 rings (SSSR count). The van der Waals surface area contributed by atoms with E-state index in [0.717, 1.165) is 29.8 Å². The summed E-state index contributed by atoms with van der Waals surface area (Å²) >= 11 is 0. The normalized spacial score (nSPS) is 14.6. The van der Waals surface area contributed by atoms with E-state index >= 15 is 0 Å². The van der Waals surface area contributed by atoms with Crippen LogP contribution in [0.5, 0.6) is 0 Å². The molecule has 0 bridgehead atoms. The van der Waals surface area contributed by atoms with Crippen molar-refractivity contribution >= 4 is 16.7 Å². The SMILES string of the molecule is Cc1cccc(-c2cc(N3CCC3)c3nonc3c2)c1. The van der Waals surface area contributed by atoms with E-state index in [1.807, 2.05) is 6.07 Å². The van der Waals surface area contributed by atoms with Crippen LogP contribution < -0.4 is 4.90 Å². The predicted octanol–water partition coefficient (Wildman–Crippen LogP) is 3.41. The zero-order valence-corrected chi connectivity index (χ0v) is 11.3. The predicted molar refractivity (Wildman–Crippen MR) is 78.8 cm³/mol. The first-order chi connectivity index (χ1) is 9.81. The fourth-order valence-corrected chi connectivity index (χ4v) is 2.66. The molecule has 0 amide bonds. The molecule has 0 unspecified atom stereocenters. The van der Waals surface area contributed by atoms with Crippen LogP contribution in [0.3, 0.4) is 0 Å². The van der Waals surface area contributed by atoms with Crippen LogP contribution in [0.25, 0.3) is 22.2 Å². The molecule has 4 nitrogen and oxygen atoms in total. The van der Waals surface area contributed by atoms with E-state index in [-0.39, 0.29) is 0 Å². The van der Waals surface area contributed by atoms with Crippen LogP contribution in [0.15, 0.2) is 41.0 Å². The highest BCUT2D eigenvalue weighted by molar-refractivity contribution is 5.93. The number of hydrogen-bond acceptors (Lipinski definition) is 4. The molecule has 1 aliphatic rings. The number of fused-ring (bicyclic) bond motifs is 1. The number of anilines is 1. The Morgan fingerprint density at radius 2 is 1.95 bits per heavy atom. The Bertz CT molecular complexity index is 774. The van der Waals surface area contributed by atoms with E-state index in [4.69, 9.17) is 4.63 Å². The van der Waals surface area contributed by atoms with Crippen molar-refractivity contribution in [2.24, 2.45) is 0 Å². The number of rotatable bonds is 2. The standard InChI is InChI=1S/C16H15N3O/c1-11-4-2-5-12(8-11)13-9-14-16(18-20-17-14)15(10-13)19-6-3-7-19/h2,4-5,8-10H,3,6-7H2,1H3. The summed E-state index contributed by atoms with van der Waals surface area (Å²) in [5.41, 5.74) is 6.44. The molecule has 1 aliphatic heterocycles. The molecule has 0 N–H and O–H groups in total. The van der Waals surface area contributed by atoms with Gasteiger partial charge in [0.05, 0.1) is 5.69 Å². The van der Waals surface area contributed by atoms with Gasteiger partial charge in [-0.15, -0.1) is 0 Å². The summed E-state index contributed by atoms with van der Waals surface area (Å²) in [5, 5.41) is 8.06.